The number of likely N-dealkylation sites (tertiary alicyclic amines) is 1. The van der Waals surface area contributed by atoms with Crippen LogP contribution in [0.4, 0.5) is 11.4 Å². The molecule has 0 atom stereocenters. The minimum Gasteiger partial charge on any atom is -0.478 e. The van der Waals surface area contributed by atoms with E-state index in [0.717, 1.165) is 38.0 Å². The van der Waals surface area contributed by atoms with Gasteiger partial charge in [0.05, 0.1) is 11.3 Å². The van der Waals surface area contributed by atoms with Gasteiger partial charge in [-0.05, 0) is 63.4 Å². The number of rotatable bonds is 6. The second-order valence-electron chi connectivity index (χ2n) is 7.65. The summed E-state index contributed by atoms with van der Waals surface area (Å²) in [5.74, 6) is -1.15. The molecule has 0 radical (unpaired) electrons. The average molecular weight is 373 g/mol. The SMILES string of the molecule is CCCC(=O)Nc1ccc(N2CCC(N3CCCCC3)CC2)cc1C(=O)O. The van der Waals surface area contributed by atoms with E-state index < -0.39 is 5.97 Å². The van der Waals surface area contributed by atoms with Gasteiger partial charge >= 0.3 is 5.97 Å². The Bertz CT molecular complexity index is 663. The van der Waals surface area contributed by atoms with Crippen LogP contribution in [0.2, 0.25) is 0 Å². The van der Waals surface area contributed by atoms with Gasteiger partial charge in [-0.15, -0.1) is 0 Å². The number of anilines is 2. The topological polar surface area (TPSA) is 72.9 Å². The fraction of sp³-hybridized carbons (Fsp3) is 0.619. The number of nitrogens with one attached hydrogen (secondary N) is 1. The third kappa shape index (κ3) is 5.01. The van der Waals surface area contributed by atoms with Crippen molar-refractivity contribution in [1.82, 2.24) is 4.90 Å². The van der Waals surface area contributed by atoms with Crippen molar-refractivity contribution in [2.24, 2.45) is 0 Å². The zero-order chi connectivity index (χ0) is 19.2. The Kier molecular flexibility index (Phi) is 6.72. The molecule has 0 aliphatic carbocycles. The number of aromatic carboxylic acids is 1. The molecule has 0 bridgehead atoms. The lowest BCUT2D eigenvalue weighted by molar-refractivity contribution is -0.116. The lowest BCUT2D eigenvalue weighted by Gasteiger charge is -2.41. The van der Waals surface area contributed by atoms with Crippen molar-refractivity contribution < 1.29 is 14.7 Å². The van der Waals surface area contributed by atoms with Crippen molar-refractivity contribution in [3.63, 3.8) is 0 Å². The lowest BCUT2D eigenvalue weighted by atomic mass is 9.99. The Labute approximate surface area is 161 Å². The number of amides is 1. The van der Waals surface area contributed by atoms with Crippen molar-refractivity contribution >= 4 is 23.3 Å². The molecule has 0 aromatic heterocycles. The summed E-state index contributed by atoms with van der Waals surface area (Å²) in [6.07, 6.45) is 7.35. The first kappa shape index (κ1) is 19.7. The summed E-state index contributed by atoms with van der Waals surface area (Å²) in [6.45, 7) is 6.26. The number of benzene rings is 1. The van der Waals surface area contributed by atoms with Gasteiger partial charge < -0.3 is 20.2 Å². The molecule has 1 amide bonds. The second-order valence-corrected chi connectivity index (χ2v) is 7.65. The first-order valence-corrected chi connectivity index (χ1v) is 10.2. The van der Waals surface area contributed by atoms with E-state index in [9.17, 15) is 14.7 Å². The Morgan fingerprint density at radius 2 is 1.81 bits per heavy atom. The van der Waals surface area contributed by atoms with Crippen LogP contribution in [0.3, 0.4) is 0 Å². The molecule has 6 heteroatoms. The van der Waals surface area contributed by atoms with E-state index in [1.807, 2.05) is 13.0 Å². The highest BCUT2D eigenvalue weighted by atomic mass is 16.4. The summed E-state index contributed by atoms with van der Waals surface area (Å²) in [5, 5.41) is 12.3. The quantitative estimate of drug-likeness (QED) is 0.797. The smallest absolute Gasteiger partial charge is 0.337 e. The molecule has 2 fully saturated rings. The average Bonchev–Trinajstić information content (AvgIpc) is 2.69. The molecule has 2 aliphatic rings. The predicted molar refractivity (Wildman–Crippen MR) is 108 cm³/mol. The van der Waals surface area contributed by atoms with Crippen LogP contribution >= 0.6 is 0 Å². The predicted octanol–water partition coefficient (Wildman–Crippen LogP) is 3.58. The fourth-order valence-electron chi connectivity index (χ4n) is 4.23. The van der Waals surface area contributed by atoms with Gasteiger partial charge in [-0.1, -0.05) is 13.3 Å². The summed E-state index contributed by atoms with van der Waals surface area (Å²) in [6, 6.07) is 6.01. The highest BCUT2D eigenvalue weighted by Gasteiger charge is 2.26. The monoisotopic (exact) mass is 373 g/mol. The third-order valence-electron chi connectivity index (χ3n) is 5.72. The van der Waals surface area contributed by atoms with Crippen LogP contribution in [0, 0.1) is 0 Å². The van der Waals surface area contributed by atoms with Gasteiger partial charge in [-0.3, -0.25) is 4.79 Å². The second kappa shape index (κ2) is 9.22. The number of carboxylic acid groups (broad SMARTS) is 1. The van der Waals surface area contributed by atoms with Crippen molar-refractivity contribution in [3.05, 3.63) is 23.8 Å². The van der Waals surface area contributed by atoms with Crippen molar-refractivity contribution in [3.8, 4) is 0 Å². The molecule has 1 aromatic rings. The standard InChI is InChI=1S/C21H31N3O3/c1-2-6-20(25)22-19-8-7-17(15-18(19)21(26)27)24-13-9-16(10-14-24)23-11-4-3-5-12-23/h7-8,15-16H,2-6,9-14H2,1H3,(H,22,25)(H,26,27). The highest BCUT2D eigenvalue weighted by Crippen LogP contribution is 2.28. The maximum absolute atomic E-state index is 11.8. The first-order chi connectivity index (χ1) is 13.1. The summed E-state index contributed by atoms with van der Waals surface area (Å²) in [7, 11) is 0. The summed E-state index contributed by atoms with van der Waals surface area (Å²) in [4.78, 5) is 28.4. The van der Waals surface area contributed by atoms with Gasteiger partial charge in [0, 0.05) is 31.2 Å². The molecule has 0 saturated carbocycles. The number of carbonyl (C=O) groups excluding carboxylic acids is 1. The van der Waals surface area contributed by atoms with Gasteiger partial charge in [0.25, 0.3) is 0 Å². The minimum absolute atomic E-state index is 0.143. The minimum atomic E-state index is -1.01. The van der Waals surface area contributed by atoms with E-state index in [4.69, 9.17) is 0 Å². The van der Waals surface area contributed by atoms with Crippen LogP contribution in [-0.4, -0.2) is 54.1 Å². The molecule has 3 rings (SSSR count). The summed E-state index contributed by atoms with van der Waals surface area (Å²) in [5.41, 5.74) is 1.47. The number of hydrogen-bond acceptors (Lipinski definition) is 4. The summed E-state index contributed by atoms with van der Waals surface area (Å²) < 4.78 is 0. The van der Waals surface area contributed by atoms with Crippen molar-refractivity contribution in [2.45, 2.75) is 57.9 Å². The molecule has 1 aromatic carbocycles. The number of piperidine rings is 2. The first-order valence-electron chi connectivity index (χ1n) is 10.2. The van der Waals surface area contributed by atoms with Crippen LogP contribution in [0.5, 0.6) is 0 Å². The van der Waals surface area contributed by atoms with Gasteiger partial charge in [0.1, 0.15) is 0 Å². The zero-order valence-electron chi connectivity index (χ0n) is 16.2. The van der Waals surface area contributed by atoms with Gasteiger partial charge in [-0.25, -0.2) is 4.79 Å². The molecule has 0 spiro atoms. The number of carboxylic acids is 1. The zero-order valence-corrected chi connectivity index (χ0v) is 16.2. The lowest BCUT2D eigenvalue weighted by Crippen LogP contribution is -2.46. The Morgan fingerprint density at radius 1 is 1.11 bits per heavy atom. The van der Waals surface area contributed by atoms with E-state index in [1.54, 1.807) is 12.1 Å². The van der Waals surface area contributed by atoms with Crippen LogP contribution in [0.1, 0.15) is 62.2 Å². The van der Waals surface area contributed by atoms with Crippen LogP contribution < -0.4 is 10.2 Å². The Hall–Kier alpha value is -2.08. The molecule has 2 saturated heterocycles. The van der Waals surface area contributed by atoms with E-state index in [0.29, 0.717) is 18.2 Å². The maximum atomic E-state index is 11.8. The Morgan fingerprint density at radius 3 is 2.44 bits per heavy atom. The third-order valence-corrected chi connectivity index (χ3v) is 5.72. The molecule has 0 unspecified atom stereocenters. The molecule has 6 nitrogen and oxygen atoms in total. The summed E-state index contributed by atoms with van der Waals surface area (Å²) >= 11 is 0. The van der Waals surface area contributed by atoms with Crippen molar-refractivity contribution in [1.29, 1.82) is 0 Å². The molecule has 27 heavy (non-hydrogen) atoms. The molecule has 2 heterocycles. The van der Waals surface area contributed by atoms with Crippen LogP contribution in [0.25, 0.3) is 0 Å². The van der Waals surface area contributed by atoms with Gasteiger partial charge in [0.15, 0.2) is 0 Å². The van der Waals surface area contributed by atoms with Crippen LogP contribution in [0.15, 0.2) is 18.2 Å². The van der Waals surface area contributed by atoms with E-state index in [-0.39, 0.29) is 11.5 Å². The molecular formula is C21H31N3O3. The largest absolute Gasteiger partial charge is 0.478 e. The van der Waals surface area contributed by atoms with Crippen LogP contribution in [-0.2, 0) is 4.79 Å². The van der Waals surface area contributed by atoms with Gasteiger partial charge in [0.2, 0.25) is 5.91 Å². The normalized spacial score (nSPS) is 19.1. The fourth-order valence-corrected chi connectivity index (χ4v) is 4.23. The number of carbonyl (C=O) groups is 2. The van der Waals surface area contributed by atoms with Gasteiger partial charge in [-0.2, -0.15) is 0 Å². The molecular weight excluding hydrogens is 342 g/mol. The molecule has 148 valence electrons. The van der Waals surface area contributed by atoms with E-state index >= 15 is 0 Å². The van der Waals surface area contributed by atoms with E-state index in [1.165, 1.54) is 32.4 Å². The Balaban J connectivity index is 1.65. The van der Waals surface area contributed by atoms with Crippen molar-refractivity contribution in [2.75, 3.05) is 36.4 Å². The number of hydrogen-bond donors (Lipinski definition) is 2. The molecule has 2 aliphatic heterocycles. The van der Waals surface area contributed by atoms with E-state index in [2.05, 4.69) is 15.1 Å². The molecule has 2 N–H and O–H groups in total. The maximum Gasteiger partial charge on any atom is 0.337 e. The number of nitrogens with zero attached hydrogens (tertiary/aromatic N) is 2. The highest BCUT2D eigenvalue weighted by molar-refractivity contribution is 6.01.